The van der Waals surface area contributed by atoms with Crippen LogP contribution in [0.1, 0.15) is 39.3 Å². The minimum absolute atomic E-state index is 0.0731. The Morgan fingerprint density at radius 1 is 1.00 bits per heavy atom. The van der Waals surface area contributed by atoms with E-state index < -0.39 is 0 Å². The van der Waals surface area contributed by atoms with Crippen molar-refractivity contribution in [2.24, 2.45) is 22.5 Å². The summed E-state index contributed by atoms with van der Waals surface area (Å²) in [7, 11) is 3.35. The van der Waals surface area contributed by atoms with Crippen LogP contribution in [0.3, 0.4) is 0 Å². The minimum atomic E-state index is -0.0731. The molecular formula is C16H25NO2. The molecule has 1 unspecified atom stereocenters. The zero-order valence-corrected chi connectivity index (χ0v) is 12.8. The highest BCUT2D eigenvalue weighted by atomic mass is 16.5. The predicted octanol–water partition coefficient (Wildman–Crippen LogP) is 3.39. The van der Waals surface area contributed by atoms with Crippen LogP contribution in [0.15, 0.2) is 18.2 Å². The number of methoxy groups -OCH3 is 2. The van der Waals surface area contributed by atoms with Gasteiger partial charge in [-0.2, -0.15) is 0 Å². The molecule has 0 heterocycles. The van der Waals surface area contributed by atoms with E-state index in [4.69, 9.17) is 15.2 Å². The van der Waals surface area contributed by atoms with Crippen LogP contribution in [-0.2, 0) is 0 Å². The lowest BCUT2D eigenvalue weighted by Gasteiger charge is -2.20. The van der Waals surface area contributed by atoms with Crippen molar-refractivity contribution >= 4 is 0 Å². The summed E-state index contributed by atoms with van der Waals surface area (Å²) in [6.07, 6.45) is 0. The molecule has 3 heteroatoms. The van der Waals surface area contributed by atoms with Gasteiger partial charge in [0.05, 0.1) is 19.8 Å². The zero-order valence-electron chi connectivity index (χ0n) is 12.8. The third-order valence-electron chi connectivity index (χ3n) is 5.29. The average Bonchev–Trinajstić information content (AvgIpc) is 2.77. The Kier molecular flexibility index (Phi) is 3.29. The van der Waals surface area contributed by atoms with E-state index in [0.29, 0.717) is 5.92 Å². The molecule has 1 saturated carbocycles. The van der Waals surface area contributed by atoms with Crippen LogP contribution in [0.2, 0.25) is 0 Å². The fourth-order valence-corrected chi connectivity index (χ4v) is 3.52. The van der Waals surface area contributed by atoms with E-state index in [1.54, 1.807) is 14.2 Å². The van der Waals surface area contributed by atoms with Gasteiger partial charge in [-0.05, 0) is 28.9 Å². The van der Waals surface area contributed by atoms with Crippen molar-refractivity contribution < 1.29 is 9.47 Å². The molecule has 1 aromatic carbocycles. The molecule has 19 heavy (non-hydrogen) atoms. The van der Waals surface area contributed by atoms with Crippen molar-refractivity contribution in [3.05, 3.63) is 23.8 Å². The minimum Gasteiger partial charge on any atom is -0.496 e. The first-order valence-corrected chi connectivity index (χ1v) is 6.75. The quantitative estimate of drug-likeness (QED) is 0.905. The summed E-state index contributed by atoms with van der Waals surface area (Å²) in [6.45, 7) is 9.11. The average molecular weight is 263 g/mol. The number of hydrogen-bond acceptors (Lipinski definition) is 3. The summed E-state index contributed by atoms with van der Waals surface area (Å²) in [6, 6.07) is 5.74. The highest BCUT2D eigenvalue weighted by Crippen LogP contribution is 2.72. The highest BCUT2D eigenvalue weighted by molar-refractivity contribution is 5.48. The molecule has 1 fully saturated rings. The molecule has 0 aromatic heterocycles. The van der Waals surface area contributed by atoms with Crippen molar-refractivity contribution in [2.75, 3.05) is 14.2 Å². The molecule has 0 saturated heterocycles. The largest absolute Gasteiger partial charge is 0.496 e. The number of hydrogen-bond donors (Lipinski definition) is 1. The maximum absolute atomic E-state index is 6.54. The number of nitrogens with two attached hydrogens (primary N) is 1. The molecule has 0 bridgehead atoms. The highest BCUT2D eigenvalue weighted by Gasteiger charge is 2.67. The lowest BCUT2D eigenvalue weighted by atomic mass is 9.95. The van der Waals surface area contributed by atoms with Gasteiger partial charge in [-0.1, -0.05) is 33.8 Å². The molecule has 0 radical (unpaired) electrons. The van der Waals surface area contributed by atoms with Gasteiger partial charge in [0.2, 0.25) is 0 Å². The summed E-state index contributed by atoms with van der Waals surface area (Å²) in [5.74, 6) is 2.04. The first-order valence-electron chi connectivity index (χ1n) is 6.75. The van der Waals surface area contributed by atoms with E-state index in [2.05, 4.69) is 27.7 Å². The second-order valence-electron chi connectivity index (χ2n) is 6.52. The molecule has 1 aliphatic rings. The molecular weight excluding hydrogens is 238 g/mol. The molecule has 2 N–H and O–H groups in total. The Morgan fingerprint density at radius 2 is 1.42 bits per heavy atom. The smallest absolute Gasteiger partial charge is 0.127 e. The maximum atomic E-state index is 6.54. The van der Waals surface area contributed by atoms with Gasteiger partial charge < -0.3 is 15.2 Å². The Bertz CT molecular complexity index is 443. The fraction of sp³-hybridized carbons (Fsp3) is 0.625. The van der Waals surface area contributed by atoms with Crippen molar-refractivity contribution in [3.8, 4) is 11.5 Å². The van der Waals surface area contributed by atoms with Crippen LogP contribution in [0.25, 0.3) is 0 Å². The summed E-state index contributed by atoms with van der Waals surface area (Å²) in [5, 5.41) is 0. The summed E-state index contributed by atoms with van der Waals surface area (Å²) in [4.78, 5) is 0. The number of benzene rings is 1. The van der Waals surface area contributed by atoms with Crippen molar-refractivity contribution in [3.63, 3.8) is 0 Å². The van der Waals surface area contributed by atoms with E-state index >= 15 is 0 Å². The van der Waals surface area contributed by atoms with Crippen LogP contribution < -0.4 is 15.2 Å². The van der Waals surface area contributed by atoms with Crippen molar-refractivity contribution in [2.45, 2.75) is 33.7 Å². The predicted molar refractivity (Wildman–Crippen MR) is 77.5 cm³/mol. The van der Waals surface area contributed by atoms with Gasteiger partial charge in [-0.25, -0.2) is 0 Å². The Balaban J connectivity index is 2.43. The molecule has 0 amide bonds. The second kappa shape index (κ2) is 4.41. The first-order chi connectivity index (χ1) is 8.79. The monoisotopic (exact) mass is 263 g/mol. The van der Waals surface area contributed by atoms with Crippen LogP contribution in [0.5, 0.6) is 11.5 Å². The van der Waals surface area contributed by atoms with E-state index in [9.17, 15) is 0 Å². The molecule has 106 valence electrons. The van der Waals surface area contributed by atoms with Crippen LogP contribution in [0.4, 0.5) is 0 Å². The Labute approximate surface area is 116 Å². The molecule has 2 rings (SSSR count). The van der Waals surface area contributed by atoms with Gasteiger partial charge in [0.15, 0.2) is 0 Å². The molecule has 1 aliphatic carbocycles. The number of rotatable bonds is 4. The van der Waals surface area contributed by atoms with E-state index in [-0.39, 0.29) is 16.9 Å². The zero-order chi connectivity index (χ0) is 14.4. The van der Waals surface area contributed by atoms with E-state index in [1.165, 1.54) is 0 Å². The second-order valence-corrected chi connectivity index (χ2v) is 6.52. The van der Waals surface area contributed by atoms with E-state index in [1.807, 2.05) is 18.2 Å². The lowest BCUT2D eigenvalue weighted by Crippen LogP contribution is -2.18. The van der Waals surface area contributed by atoms with Gasteiger partial charge in [-0.3, -0.25) is 0 Å². The molecule has 1 aromatic rings. The van der Waals surface area contributed by atoms with Crippen LogP contribution in [0, 0.1) is 16.7 Å². The van der Waals surface area contributed by atoms with Gasteiger partial charge in [0.1, 0.15) is 11.5 Å². The lowest BCUT2D eigenvalue weighted by molar-refractivity contribution is 0.367. The third-order valence-corrected chi connectivity index (χ3v) is 5.29. The van der Waals surface area contributed by atoms with Gasteiger partial charge in [0, 0.05) is 6.04 Å². The molecule has 3 nitrogen and oxygen atoms in total. The maximum Gasteiger partial charge on any atom is 0.127 e. The Morgan fingerprint density at radius 3 is 1.74 bits per heavy atom. The standard InChI is InChI=1S/C16H25NO2/c1-15(2)14(16(15,3)4)13(17)12-10(18-5)8-7-9-11(12)19-6/h7-9,13-14H,17H2,1-6H3. The molecule has 0 spiro atoms. The molecule has 0 aliphatic heterocycles. The topological polar surface area (TPSA) is 44.5 Å². The van der Waals surface area contributed by atoms with Crippen LogP contribution in [-0.4, -0.2) is 14.2 Å². The molecule has 1 atom stereocenters. The van der Waals surface area contributed by atoms with Gasteiger partial charge in [0.25, 0.3) is 0 Å². The van der Waals surface area contributed by atoms with Crippen molar-refractivity contribution in [1.29, 1.82) is 0 Å². The summed E-state index contributed by atoms with van der Waals surface area (Å²) in [5.41, 5.74) is 8.00. The normalized spacial score (nSPS) is 21.8. The SMILES string of the molecule is COc1cccc(OC)c1C(N)C1C(C)(C)C1(C)C. The van der Waals surface area contributed by atoms with E-state index in [0.717, 1.165) is 17.1 Å². The van der Waals surface area contributed by atoms with Crippen LogP contribution >= 0.6 is 0 Å². The summed E-state index contributed by atoms with van der Waals surface area (Å²) < 4.78 is 10.9. The number of ether oxygens (including phenoxy) is 2. The van der Waals surface area contributed by atoms with Gasteiger partial charge in [-0.15, -0.1) is 0 Å². The van der Waals surface area contributed by atoms with Crippen molar-refractivity contribution in [1.82, 2.24) is 0 Å². The first kappa shape index (κ1) is 14.2. The fourth-order valence-electron chi connectivity index (χ4n) is 3.52. The summed E-state index contributed by atoms with van der Waals surface area (Å²) >= 11 is 0. The third kappa shape index (κ3) is 1.91. The Hall–Kier alpha value is -1.22. The van der Waals surface area contributed by atoms with Gasteiger partial charge >= 0.3 is 0 Å².